The Labute approximate surface area is 124 Å². The summed E-state index contributed by atoms with van der Waals surface area (Å²) in [6.45, 7) is 1.76. The third kappa shape index (κ3) is 2.66. The molecule has 0 aliphatic carbocycles. The first-order valence-electron chi connectivity index (χ1n) is 6.73. The van der Waals surface area contributed by atoms with E-state index in [4.69, 9.17) is 4.74 Å². The van der Waals surface area contributed by atoms with Crippen molar-refractivity contribution in [1.82, 2.24) is 0 Å². The average Bonchev–Trinajstić information content (AvgIpc) is 2.56. The van der Waals surface area contributed by atoms with Crippen LogP contribution in [0.15, 0.2) is 60.7 Å². The molecule has 0 N–H and O–H groups in total. The van der Waals surface area contributed by atoms with Gasteiger partial charge in [0, 0.05) is 0 Å². The lowest BCUT2D eigenvalue weighted by molar-refractivity contribution is -0.147. The van der Waals surface area contributed by atoms with Gasteiger partial charge in [0.2, 0.25) is 0 Å². The van der Waals surface area contributed by atoms with Crippen LogP contribution in [-0.2, 0) is 14.9 Å². The lowest BCUT2D eigenvalue weighted by Crippen LogP contribution is -2.39. The molecule has 3 heteroatoms. The fourth-order valence-electron chi connectivity index (χ4n) is 2.58. The van der Waals surface area contributed by atoms with E-state index in [-0.39, 0.29) is 0 Å². The molecule has 2 aromatic carbocycles. The van der Waals surface area contributed by atoms with Crippen molar-refractivity contribution in [2.75, 3.05) is 7.11 Å². The fraction of sp³-hybridized carbons (Fsp3) is 0.222. The number of nitriles is 1. The van der Waals surface area contributed by atoms with Crippen LogP contribution in [0.2, 0.25) is 0 Å². The summed E-state index contributed by atoms with van der Waals surface area (Å²) in [4.78, 5) is 12.4. The molecule has 21 heavy (non-hydrogen) atoms. The van der Waals surface area contributed by atoms with E-state index in [1.165, 1.54) is 7.11 Å². The van der Waals surface area contributed by atoms with Gasteiger partial charge >= 0.3 is 5.97 Å². The van der Waals surface area contributed by atoms with Crippen LogP contribution in [0.4, 0.5) is 0 Å². The van der Waals surface area contributed by atoms with Gasteiger partial charge in [-0.25, -0.2) is 0 Å². The fourth-order valence-corrected chi connectivity index (χ4v) is 2.58. The number of benzene rings is 2. The molecule has 0 saturated heterocycles. The molecule has 0 saturated carbocycles. The molecule has 0 bridgehead atoms. The van der Waals surface area contributed by atoms with Crippen molar-refractivity contribution in [2.45, 2.75) is 18.3 Å². The zero-order valence-corrected chi connectivity index (χ0v) is 12.1. The van der Waals surface area contributed by atoms with Gasteiger partial charge in [0.05, 0.1) is 19.1 Å². The van der Waals surface area contributed by atoms with E-state index in [1.54, 1.807) is 6.92 Å². The number of rotatable bonds is 4. The topological polar surface area (TPSA) is 50.1 Å². The number of hydrogen-bond donors (Lipinski definition) is 0. The molecule has 2 aromatic rings. The Kier molecular flexibility index (Phi) is 4.39. The summed E-state index contributed by atoms with van der Waals surface area (Å²) in [5.74, 6) is -1.03. The molecule has 0 aliphatic heterocycles. The molecule has 0 heterocycles. The summed E-state index contributed by atoms with van der Waals surface area (Å²) >= 11 is 0. The van der Waals surface area contributed by atoms with Crippen molar-refractivity contribution in [2.24, 2.45) is 0 Å². The maximum Gasteiger partial charge on any atom is 0.317 e. The number of carbonyl (C=O) groups is 1. The van der Waals surface area contributed by atoms with E-state index >= 15 is 0 Å². The number of carbonyl (C=O) groups excluding carboxylic acids is 1. The molecular weight excluding hydrogens is 262 g/mol. The first-order valence-corrected chi connectivity index (χ1v) is 6.73. The molecule has 0 aliphatic rings. The van der Waals surface area contributed by atoms with Crippen molar-refractivity contribution in [3.63, 3.8) is 0 Å². The van der Waals surface area contributed by atoms with Gasteiger partial charge in [0.15, 0.2) is 0 Å². The second kappa shape index (κ2) is 6.23. The largest absolute Gasteiger partial charge is 0.468 e. The standard InChI is InChI=1S/C18H17NO2/c1-18(17(20)21-2,15-11-7-4-8-12-15)16(13-19)14-9-5-3-6-10-14/h3-12,16H,1-2H3/t16-,18+/m1/s1. The number of esters is 1. The second-order valence-electron chi connectivity index (χ2n) is 5.03. The third-order valence-corrected chi connectivity index (χ3v) is 3.82. The van der Waals surface area contributed by atoms with E-state index in [1.807, 2.05) is 60.7 Å². The van der Waals surface area contributed by atoms with Crippen LogP contribution in [0, 0.1) is 11.3 Å². The summed E-state index contributed by atoms with van der Waals surface area (Å²) in [5.41, 5.74) is 0.524. The predicted octanol–water partition coefficient (Wildman–Crippen LogP) is 3.42. The summed E-state index contributed by atoms with van der Waals surface area (Å²) in [7, 11) is 1.35. The quantitative estimate of drug-likeness (QED) is 0.806. The van der Waals surface area contributed by atoms with Crippen LogP contribution < -0.4 is 0 Å². The van der Waals surface area contributed by atoms with Crippen molar-refractivity contribution < 1.29 is 9.53 Å². The molecule has 2 atom stereocenters. The third-order valence-electron chi connectivity index (χ3n) is 3.82. The van der Waals surface area contributed by atoms with Gasteiger partial charge in [0.1, 0.15) is 5.41 Å². The summed E-state index contributed by atoms with van der Waals surface area (Å²) < 4.78 is 4.98. The first-order chi connectivity index (χ1) is 10.1. The molecule has 0 unspecified atom stereocenters. The normalized spacial score (nSPS) is 14.5. The molecule has 0 aromatic heterocycles. The van der Waals surface area contributed by atoms with Crippen LogP contribution >= 0.6 is 0 Å². The van der Waals surface area contributed by atoms with Crippen LogP contribution in [0.25, 0.3) is 0 Å². The van der Waals surface area contributed by atoms with Gasteiger partial charge in [-0.3, -0.25) is 4.79 Å². The van der Waals surface area contributed by atoms with Gasteiger partial charge in [-0.05, 0) is 18.1 Å². The second-order valence-corrected chi connectivity index (χ2v) is 5.03. The van der Waals surface area contributed by atoms with E-state index in [0.717, 1.165) is 11.1 Å². The maximum atomic E-state index is 12.4. The molecule has 0 spiro atoms. The monoisotopic (exact) mass is 279 g/mol. The van der Waals surface area contributed by atoms with Crippen molar-refractivity contribution in [3.8, 4) is 6.07 Å². The number of methoxy groups -OCH3 is 1. The van der Waals surface area contributed by atoms with E-state index in [0.29, 0.717) is 0 Å². The maximum absolute atomic E-state index is 12.4. The molecule has 2 rings (SSSR count). The summed E-state index contributed by atoms with van der Waals surface area (Å²) in [6.07, 6.45) is 0. The average molecular weight is 279 g/mol. The van der Waals surface area contributed by atoms with Gasteiger partial charge < -0.3 is 4.74 Å². The SMILES string of the molecule is COC(=O)[C@@](C)(c1ccccc1)[C@H](C#N)c1ccccc1. The van der Waals surface area contributed by atoms with Crippen LogP contribution in [-0.4, -0.2) is 13.1 Å². The Morgan fingerprint density at radius 3 is 2.10 bits per heavy atom. The highest BCUT2D eigenvalue weighted by Crippen LogP contribution is 2.39. The van der Waals surface area contributed by atoms with Gasteiger partial charge in [0.25, 0.3) is 0 Å². The Balaban J connectivity index is 2.60. The number of ether oxygens (including phenoxy) is 1. The number of hydrogen-bond acceptors (Lipinski definition) is 3. The minimum atomic E-state index is -1.05. The molecule has 106 valence electrons. The van der Waals surface area contributed by atoms with Crippen molar-refractivity contribution >= 4 is 5.97 Å². The summed E-state index contributed by atoms with van der Waals surface area (Å²) in [6, 6.07) is 20.9. The van der Waals surface area contributed by atoms with Gasteiger partial charge in [-0.15, -0.1) is 0 Å². The van der Waals surface area contributed by atoms with E-state index in [2.05, 4.69) is 6.07 Å². The highest BCUT2D eigenvalue weighted by atomic mass is 16.5. The predicted molar refractivity (Wildman–Crippen MR) is 80.6 cm³/mol. The van der Waals surface area contributed by atoms with Gasteiger partial charge in [-0.2, -0.15) is 5.26 Å². The van der Waals surface area contributed by atoms with Crippen LogP contribution in [0.1, 0.15) is 24.0 Å². The Hall–Kier alpha value is -2.60. The molecule has 0 fully saturated rings. The van der Waals surface area contributed by atoms with Crippen molar-refractivity contribution in [3.05, 3.63) is 71.8 Å². The smallest absolute Gasteiger partial charge is 0.317 e. The van der Waals surface area contributed by atoms with E-state index in [9.17, 15) is 10.1 Å². The molecule has 0 amide bonds. The zero-order chi connectivity index (χ0) is 15.3. The highest BCUT2D eigenvalue weighted by molar-refractivity contribution is 5.85. The number of nitrogens with zero attached hydrogens (tertiary/aromatic N) is 1. The molecule has 0 radical (unpaired) electrons. The van der Waals surface area contributed by atoms with E-state index < -0.39 is 17.3 Å². The van der Waals surface area contributed by atoms with Crippen LogP contribution in [0.5, 0.6) is 0 Å². The molecular formula is C18H17NO2. The minimum absolute atomic E-state index is 0.413. The zero-order valence-electron chi connectivity index (χ0n) is 12.1. The summed E-state index contributed by atoms with van der Waals surface area (Å²) in [5, 5.41) is 9.66. The van der Waals surface area contributed by atoms with Gasteiger partial charge in [-0.1, -0.05) is 60.7 Å². The first kappa shape index (κ1) is 14.8. The van der Waals surface area contributed by atoms with Crippen molar-refractivity contribution in [1.29, 1.82) is 5.26 Å². The highest BCUT2D eigenvalue weighted by Gasteiger charge is 2.45. The Bertz CT molecular complexity index is 646. The Morgan fingerprint density at radius 1 is 1.10 bits per heavy atom. The Morgan fingerprint density at radius 2 is 1.62 bits per heavy atom. The lowest BCUT2D eigenvalue weighted by atomic mass is 9.69. The molecule has 3 nitrogen and oxygen atoms in total. The van der Waals surface area contributed by atoms with Crippen LogP contribution in [0.3, 0.4) is 0 Å². The minimum Gasteiger partial charge on any atom is -0.468 e. The lowest BCUT2D eigenvalue weighted by Gasteiger charge is -2.31.